The van der Waals surface area contributed by atoms with Crippen LogP contribution in [0.25, 0.3) is 10.1 Å². The van der Waals surface area contributed by atoms with Gasteiger partial charge >= 0.3 is 0 Å². The molecule has 0 aliphatic carbocycles. The first-order chi connectivity index (χ1) is 11.0. The third-order valence-electron chi connectivity index (χ3n) is 4.09. The number of nitrogens with zero attached hydrogens (tertiary/aromatic N) is 1. The monoisotopic (exact) mass is 354 g/mol. The Labute approximate surface area is 138 Å². The van der Waals surface area contributed by atoms with Gasteiger partial charge in [0.2, 0.25) is 10.0 Å². The van der Waals surface area contributed by atoms with Crippen molar-refractivity contribution in [2.24, 2.45) is 0 Å². The van der Waals surface area contributed by atoms with Gasteiger partial charge < -0.3 is 0 Å². The highest BCUT2D eigenvalue weighted by Gasteiger charge is 2.36. The fourth-order valence-electron chi connectivity index (χ4n) is 2.97. The molecule has 1 aliphatic heterocycles. The van der Waals surface area contributed by atoms with E-state index in [1.807, 2.05) is 23.6 Å². The minimum atomic E-state index is -3.63. The van der Waals surface area contributed by atoms with Crippen molar-refractivity contribution in [3.8, 4) is 0 Å². The number of benzene rings is 1. The summed E-state index contributed by atoms with van der Waals surface area (Å²) >= 11 is 1.61. The lowest BCUT2D eigenvalue weighted by Crippen LogP contribution is -2.51. The number of nitrogens with one attached hydrogen (secondary N) is 1. The van der Waals surface area contributed by atoms with E-state index in [2.05, 4.69) is 0 Å². The Hall–Kier alpha value is -1.48. The van der Waals surface area contributed by atoms with Crippen molar-refractivity contribution in [2.75, 3.05) is 6.54 Å². The molecule has 2 N–H and O–H groups in total. The summed E-state index contributed by atoms with van der Waals surface area (Å²) in [5, 5.41) is 11.8. The van der Waals surface area contributed by atoms with Crippen LogP contribution in [0, 0.1) is 0 Å². The van der Waals surface area contributed by atoms with Gasteiger partial charge in [0.1, 0.15) is 6.04 Å². The fraction of sp³-hybridized carbons (Fsp3) is 0.400. The molecule has 1 aromatic heterocycles. The molecule has 3 rings (SSSR count). The standard InChI is InChI=1S/C15H18N2O4S2/c18-15(16-19)13-3-1-2-7-17(13)23(20,21)10-11-4-5-14-12(9-11)6-8-22-14/h4-6,8-9,13,19H,1-3,7,10H2,(H,16,18)/t13-/m1/s1. The molecule has 6 nitrogen and oxygen atoms in total. The molecule has 124 valence electrons. The van der Waals surface area contributed by atoms with Gasteiger partial charge in [-0.15, -0.1) is 11.3 Å². The highest BCUT2D eigenvalue weighted by molar-refractivity contribution is 7.88. The summed E-state index contributed by atoms with van der Waals surface area (Å²) in [5.74, 6) is -0.810. The second-order valence-electron chi connectivity index (χ2n) is 5.65. The van der Waals surface area contributed by atoms with Gasteiger partial charge in [0.05, 0.1) is 5.75 Å². The third kappa shape index (κ3) is 3.40. The van der Waals surface area contributed by atoms with Crippen LogP contribution in [0.5, 0.6) is 0 Å². The van der Waals surface area contributed by atoms with Crippen LogP contribution in [0.3, 0.4) is 0 Å². The van der Waals surface area contributed by atoms with Crippen LogP contribution in [0.2, 0.25) is 0 Å². The van der Waals surface area contributed by atoms with Crippen molar-refractivity contribution >= 4 is 37.4 Å². The van der Waals surface area contributed by atoms with Crippen molar-refractivity contribution in [3.05, 3.63) is 35.2 Å². The number of hydroxylamine groups is 1. The van der Waals surface area contributed by atoms with Gasteiger partial charge in [0.25, 0.3) is 5.91 Å². The topological polar surface area (TPSA) is 86.7 Å². The van der Waals surface area contributed by atoms with Gasteiger partial charge in [-0.05, 0) is 47.4 Å². The van der Waals surface area contributed by atoms with Gasteiger partial charge in [-0.1, -0.05) is 12.5 Å². The summed E-state index contributed by atoms with van der Waals surface area (Å²) in [7, 11) is -3.63. The average Bonchev–Trinajstić information content (AvgIpc) is 3.01. The molecule has 0 radical (unpaired) electrons. The SMILES string of the molecule is O=C(NO)[C@H]1CCCCN1S(=O)(=O)Cc1ccc2sccc2c1. The Morgan fingerprint density at radius 1 is 1.35 bits per heavy atom. The van der Waals surface area contributed by atoms with Crippen LogP contribution in [0.15, 0.2) is 29.6 Å². The molecule has 1 saturated heterocycles. The van der Waals surface area contributed by atoms with Crippen LogP contribution in [0.1, 0.15) is 24.8 Å². The molecule has 1 amide bonds. The maximum Gasteiger partial charge on any atom is 0.261 e. The molecule has 0 unspecified atom stereocenters. The number of thiophene rings is 1. The number of hydrogen-bond donors (Lipinski definition) is 2. The molecule has 0 saturated carbocycles. The summed E-state index contributed by atoms with van der Waals surface area (Å²) in [4.78, 5) is 11.8. The first-order valence-electron chi connectivity index (χ1n) is 7.41. The Bertz CT molecular complexity index is 816. The maximum absolute atomic E-state index is 12.7. The van der Waals surface area contributed by atoms with Crippen molar-refractivity contribution < 1.29 is 18.4 Å². The van der Waals surface area contributed by atoms with E-state index in [4.69, 9.17) is 5.21 Å². The van der Waals surface area contributed by atoms with E-state index in [1.54, 1.807) is 22.9 Å². The van der Waals surface area contributed by atoms with E-state index in [1.165, 1.54) is 4.31 Å². The van der Waals surface area contributed by atoms with E-state index >= 15 is 0 Å². The van der Waals surface area contributed by atoms with E-state index in [0.29, 0.717) is 18.5 Å². The lowest BCUT2D eigenvalue weighted by Gasteiger charge is -2.33. The second kappa shape index (κ2) is 6.56. The molecule has 0 bridgehead atoms. The predicted molar refractivity (Wildman–Crippen MR) is 88.7 cm³/mol. The van der Waals surface area contributed by atoms with Crippen LogP contribution in [-0.4, -0.2) is 36.4 Å². The number of hydrogen-bond acceptors (Lipinski definition) is 5. The lowest BCUT2D eigenvalue weighted by atomic mass is 10.0. The molecule has 1 aromatic carbocycles. The number of carbonyl (C=O) groups is 1. The average molecular weight is 354 g/mol. The zero-order valence-corrected chi connectivity index (χ0v) is 14.1. The number of carbonyl (C=O) groups excluding carboxylic acids is 1. The number of amides is 1. The summed E-state index contributed by atoms with van der Waals surface area (Å²) < 4.78 is 27.8. The molecular weight excluding hydrogens is 336 g/mol. The largest absolute Gasteiger partial charge is 0.289 e. The van der Waals surface area contributed by atoms with E-state index < -0.39 is 22.0 Å². The summed E-state index contributed by atoms with van der Waals surface area (Å²) in [5.41, 5.74) is 2.28. The zero-order valence-electron chi connectivity index (χ0n) is 12.4. The van der Waals surface area contributed by atoms with Crippen molar-refractivity contribution in [1.29, 1.82) is 0 Å². The van der Waals surface area contributed by atoms with Crippen molar-refractivity contribution in [1.82, 2.24) is 9.79 Å². The maximum atomic E-state index is 12.7. The van der Waals surface area contributed by atoms with Gasteiger partial charge in [0, 0.05) is 11.2 Å². The highest BCUT2D eigenvalue weighted by atomic mass is 32.2. The highest BCUT2D eigenvalue weighted by Crippen LogP contribution is 2.26. The first kappa shape index (κ1) is 16.4. The van der Waals surface area contributed by atoms with Crippen LogP contribution in [-0.2, 0) is 20.6 Å². The smallest absolute Gasteiger partial charge is 0.261 e. The number of piperidine rings is 1. The Morgan fingerprint density at radius 3 is 2.96 bits per heavy atom. The van der Waals surface area contributed by atoms with Gasteiger partial charge in [-0.3, -0.25) is 10.0 Å². The third-order valence-corrected chi connectivity index (χ3v) is 6.84. The Morgan fingerprint density at radius 2 is 2.17 bits per heavy atom. The predicted octanol–water partition coefficient (Wildman–Crippen LogP) is 2.09. The molecule has 2 heterocycles. The Kier molecular flexibility index (Phi) is 4.67. The molecule has 23 heavy (non-hydrogen) atoms. The second-order valence-corrected chi connectivity index (χ2v) is 8.52. The molecule has 1 fully saturated rings. The molecular formula is C15H18N2O4S2. The molecule has 2 aromatic rings. The van der Waals surface area contributed by atoms with Gasteiger partial charge in [-0.2, -0.15) is 4.31 Å². The first-order valence-corrected chi connectivity index (χ1v) is 9.90. The van der Waals surface area contributed by atoms with Crippen LogP contribution in [0.4, 0.5) is 0 Å². The zero-order chi connectivity index (χ0) is 16.4. The van der Waals surface area contributed by atoms with Gasteiger partial charge in [-0.25, -0.2) is 13.9 Å². The summed E-state index contributed by atoms with van der Waals surface area (Å²) in [6, 6.07) is 6.72. The van der Waals surface area contributed by atoms with Crippen molar-refractivity contribution in [2.45, 2.75) is 31.1 Å². The summed E-state index contributed by atoms with van der Waals surface area (Å²) in [6.45, 7) is 0.307. The molecule has 1 atom stereocenters. The van der Waals surface area contributed by atoms with Crippen LogP contribution >= 0.6 is 11.3 Å². The molecule has 8 heteroatoms. The van der Waals surface area contributed by atoms with Crippen molar-refractivity contribution in [3.63, 3.8) is 0 Å². The van der Waals surface area contributed by atoms with E-state index in [-0.39, 0.29) is 5.75 Å². The minimum absolute atomic E-state index is 0.145. The van der Waals surface area contributed by atoms with E-state index in [9.17, 15) is 13.2 Å². The van der Waals surface area contributed by atoms with Crippen LogP contribution < -0.4 is 5.48 Å². The fourth-order valence-corrected chi connectivity index (χ4v) is 5.51. The number of sulfonamides is 1. The van der Waals surface area contributed by atoms with Gasteiger partial charge in [0.15, 0.2) is 0 Å². The Balaban J connectivity index is 1.85. The quantitative estimate of drug-likeness (QED) is 0.650. The molecule has 1 aliphatic rings. The minimum Gasteiger partial charge on any atom is -0.289 e. The number of fused-ring (bicyclic) bond motifs is 1. The normalized spacial score (nSPS) is 19.8. The molecule has 0 spiro atoms. The number of rotatable bonds is 4. The lowest BCUT2D eigenvalue weighted by molar-refractivity contribution is -0.134. The summed E-state index contributed by atoms with van der Waals surface area (Å²) in [6.07, 6.45) is 1.91. The van der Waals surface area contributed by atoms with E-state index in [0.717, 1.165) is 22.9 Å².